The average Bonchev–Trinajstić information content (AvgIpc) is 2.80. The Morgan fingerprint density at radius 1 is 0.968 bits per heavy atom. The first-order valence-electron chi connectivity index (χ1n) is 9.63. The van der Waals surface area contributed by atoms with Crippen LogP contribution in [0.3, 0.4) is 0 Å². The molecule has 0 unspecified atom stereocenters. The number of rotatable bonds is 8. The molecular weight excluding hydrogens is 460 g/mol. The predicted octanol–water partition coefficient (Wildman–Crippen LogP) is 4.89. The summed E-state index contributed by atoms with van der Waals surface area (Å²) in [6, 6.07) is 24.9. The Kier molecular flexibility index (Phi) is 7.67. The topological polar surface area (TPSA) is 81.8 Å². The summed E-state index contributed by atoms with van der Waals surface area (Å²) in [4.78, 5) is 28.6. The molecule has 0 fully saturated rings. The van der Waals surface area contributed by atoms with Crippen molar-refractivity contribution in [3.8, 4) is 0 Å². The van der Waals surface area contributed by atoms with Gasteiger partial charge in [-0.2, -0.15) is 0 Å². The van der Waals surface area contributed by atoms with Crippen LogP contribution in [0.5, 0.6) is 0 Å². The van der Waals surface area contributed by atoms with Crippen molar-refractivity contribution in [2.75, 3.05) is 13.7 Å². The van der Waals surface area contributed by atoms with Crippen molar-refractivity contribution in [1.29, 1.82) is 0 Å². The van der Waals surface area contributed by atoms with E-state index in [9.17, 15) is 14.9 Å². The van der Waals surface area contributed by atoms with E-state index in [1.165, 1.54) is 7.11 Å². The smallest absolute Gasteiger partial charge is 0.331 e. The molecule has 0 saturated carbocycles. The van der Waals surface area contributed by atoms with Gasteiger partial charge in [0.15, 0.2) is 6.04 Å². The summed E-state index contributed by atoms with van der Waals surface area (Å²) in [6.45, 7) is -0.457. The van der Waals surface area contributed by atoms with Gasteiger partial charge in [-0.25, -0.2) is 4.79 Å². The summed E-state index contributed by atoms with van der Waals surface area (Å²) >= 11 is 3.37. The lowest BCUT2D eigenvalue weighted by Crippen LogP contribution is -2.33. The molecule has 0 bridgehead atoms. The number of methoxy groups -OCH3 is 1. The van der Waals surface area contributed by atoms with Crippen molar-refractivity contribution in [3.63, 3.8) is 0 Å². The highest BCUT2D eigenvalue weighted by atomic mass is 79.9. The average molecular weight is 481 g/mol. The summed E-state index contributed by atoms with van der Waals surface area (Å²) < 4.78 is 5.85. The number of ether oxygens (including phenoxy) is 1. The third-order valence-corrected chi connectivity index (χ3v) is 5.36. The van der Waals surface area contributed by atoms with Gasteiger partial charge in [0, 0.05) is 20.5 Å². The van der Waals surface area contributed by atoms with Crippen LogP contribution in [0.15, 0.2) is 94.4 Å². The fraction of sp³-hybridized carbons (Fsp3) is 0.167. The molecule has 6 nitrogen and oxygen atoms in total. The monoisotopic (exact) mass is 480 g/mol. The Morgan fingerprint density at radius 2 is 1.48 bits per heavy atom. The molecule has 0 aromatic heterocycles. The Bertz CT molecular complexity index is 1010. The van der Waals surface area contributed by atoms with Crippen LogP contribution >= 0.6 is 15.9 Å². The number of nitro groups is 1. The van der Waals surface area contributed by atoms with Crippen molar-refractivity contribution >= 4 is 27.6 Å². The van der Waals surface area contributed by atoms with Gasteiger partial charge in [0.1, 0.15) is 0 Å². The van der Waals surface area contributed by atoms with E-state index in [2.05, 4.69) is 15.9 Å². The minimum atomic E-state index is -1.09. The molecule has 0 spiro atoms. The second kappa shape index (κ2) is 10.6. The van der Waals surface area contributed by atoms with Crippen LogP contribution in [0, 0.1) is 10.1 Å². The molecule has 0 aliphatic heterocycles. The number of halogens is 1. The van der Waals surface area contributed by atoms with Crippen LogP contribution in [0.2, 0.25) is 0 Å². The van der Waals surface area contributed by atoms with Crippen molar-refractivity contribution < 1.29 is 14.5 Å². The Labute approximate surface area is 188 Å². The lowest BCUT2D eigenvalue weighted by Gasteiger charge is -2.21. The van der Waals surface area contributed by atoms with E-state index in [1.807, 2.05) is 60.7 Å². The summed E-state index contributed by atoms with van der Waals surface area (Å²) in [5.41, 5.74) is 2.82. The Hall–Kier alpha value is -3.32. The van der Waals surface area contributed by atoms with Gasteiger partial charge < -0.3 is 4.74 Å². The highest BCUT2D eigenvalue weighted by Gasteiger charge is 2.35. The summed E-state index contributed by atoms with van der Waals surface area (Å²) in [5.74, 6) is -1.42. The summed E-state index contributed by atoms with van der Waals surface area (Å²) in [7, 11) is 1.26. The number of nitrogens with zero attached hydrogens (tertiary/aromatic N) is 2. The van der Waals surface area contributed by atoms with Crippen molar-refractivity contribution in [2.45, 2.75) is 12.0 Å². The van der Waals surface area contributed by atoms with Crippen LogP contribution in [0.25, 0.3) is 0 Å². The first-order chi connectivity index (χ1) is 15.0. The van der Waals surface area contributed by atoms with Crippen molar-refractivity contribution in [1.82, 2.24) is 0 Å². The van der Waals surface area contributed by atoms with Crippen LogP contribution in [0.4, 0.5) is 0 Å². The van der Waals surface area contributed by atoms with Gasteiger partial charge in [0.25, 0.3) is 0 Å². The van der Waals surface area contributed by atoms with E-state index in [-0.39, 0.29) is 0 Å². The fourth-order valence-electron chi connectivity index (χ4n) is 3.33. The SMILES string of the molecule is COC(=O)[C@@H](N=C(c1ccccc1)c1ccccc1)[C@H](C[N+](=O)[O-])c1ccc(Br)cc1. The summed E-state index contributed by atoms with van der Waals surface area (Å²) in [5, 5.41) is 11.5. The number of esters is 1. The zero-order valence-electron chi connectivity index (χ0n) is 16.9. The second-order valence-corrected chi connectivity index (χ2v) is 7.77. The molecule has 158 valence electrons. The molecule has 7 heteroatoms. The standard InChI is InChI=1S/C24H21BrN2O4/c1-31-24(28)23(21(16-27(29)30)17-12-14-20(25)15-13-17)26-22(18-8-4-2-5-9-18)19-10-6-3-7-11-19/h2-15,21,23H,16H2,1H3/t21-,23+/m1/s1. The summed E-state index contributed by atoms with van der Waals surface area (Å²) in [6.07, 6.45) is 0. The molecule has 31 heavy (non-hydrogen) atoms. The number of carbonyl (C=O) groups is 1. The van der Waals surface area contributed by atoms with Crippen molar-refractivity contribution in [3.05, 3.63) is 116 Å². The number of hydrogen-bond donors (Lipinski definition) is 0. The lowest BCUT2D eigenvalue weighted by atomic mass is 9.91. The molecule has 0 aliphatic carbocycles. The van der Waals surface area contributed by atoms with Crippen LogP contribution in [-0.2, 0) is 9.53 Å². The van der Waals surface area contributed by atoms with Gasteiger partial charge >= 0.3 is 5.97 Å². The van der Waals surface area contributed by atoms with Crippen LogP contribution < -0.4 is 0 Å². The third-order valence-electron chi connectivity index (χ3n) is 4.83. The van der Waals surface area contributed by atoms with Gasteiger partial charge in [0.2, 0.25) is 6.54 Å². The van der Waals surface area contributed by atoms with Gasteiger partial charge in [-0.1, -0.05) is 88.7 Å². The highest BCUT2D eigenvalue weighted by Crippen LogP contribution is 2.27. The van der Waals surface area contributed by atoms with Crippen molar-refractivity contribution in [2.24, 2.45) is 4.99 Å². The van der Waals surface area contributed by atoms with E-state index in [0.29, 0.717) is 11.3 Å². The molecule has 0 heterocycles. The first-order valence-corrected chi connectivity index (χ1v) is 10.4. The predicted molar refractivity (Wildman–Crippen MR) is 123 cm³/mol. The number of hydrogen-bond acceptors (Lipinski definition) is 5. The van der Waals surface area contributed by atoms with E-state index in [0.717, 1.165) is 15.6 Å². The molecule has 2 atom stereocenters. The minimum Gasteiger partial charge on any atom is -0.467 e. The van der Waals surface area contributed by atoms with Gasteiger partial charge in [-0.15, -0.1) is 0 Å². The zero-order valence-corrected chi connectivity index (χ0v) is 18.4. The second-order valence-electron chi connectivity index (χ2n) is 6.85. The van der Waals surface area contributed by atoms with Gasteiger partial charge in [-0.05, 0) is 17.7 Å². The van der Waals surface area contributed by atoms with Gasteiger partial charge in [0.05, 0.1) is 18.7 Å². The third kappa shape index (κ3) is 5.86. The molecule has 3 rings (SSSR count). The Morgan fingerprint density at radius 3 is 1.94 bits per heavy atom. The van der Waals surface area contributed by atoms with E-state index in [1.54, 1.807) is 24.3 Å². The lowest BCUT2D eigenvalue weighted by molar-refractivity contribution is -0.483. The Balaban J connectivity index is 2.17. The molecule has 0 N–H and O–H groups in total. The maximum atomic E-state index is 12.8. The number of carbonyl (C=O) groups excluding carboxylic acids is 1. The molecule has 0 amide bonds. The molecule has 0 saturated heterocycles. The van der Waals surface area contributed by atoms with Crippen LogP contribution in [0.1, 0.15) is 22.6 Å². The number of benzene rings is 3. The molecule has 3 aromatic carbocycles. The molecular formula is C24H21BrN2O4. The minimum absolute atomic E-state index is 0.428. The first kappa shape index (κ1) is 22.4. The largest absolute Gasteiger partial charge is 0.467 e. The number of aliphatic imine (C=N–C) groups is 1. The van der Waals surface area contributed by atoms with Gasteiger partial charge in [-0.3, -0.25) is 15.1 Å². The maximum absolute atomic E-state index is 12.8. The molecule has 0 aliphatic rings. The fourth-order valence-corrected chi connectivity index (χ4v) is 3.60. The normalized spacial score (nSPS) is 12.5. The van der Waals surface area contributed by atoms with E-state index >= 15 is 0 Å². The zero-order chi connectivity index (χ0) is 22.2. The molecule has 0 radical (unpaired) electrons. The molecule has 3 aromatic rings. The van der Waals surface area contributed by atoms with E-state index < -0.39 is 29.4 Å². The maximum Gasteiger partial charge on any atom is 0.331 e. The van der Waals surface area contributed by atoms with Crippen LogP contribution in [-0.4, -0.2) is 36.3 Å². The van der Waals surface area contributed by atoms with E-state index in [4.69, 9.17) is 9.73 Å². The highest BCUT2D eigenvalue weighted by molar-refractivity contribution is 9.10. The quantitative estimate of drug-likeness (QED) is 0.199.